The number of rotatable bonds is 45. The molecule has 0 unspecified atom stereocenters. The van der Waals surface area contributed by atoms with Gasteiger partial charge in [-0.15, -0.1) is 0 Å². The summed E-state index contributed by atoms with van der Waals surface area (Å²) in [5.41, 5.74) is 0. The van der Waals surface area contributed by atoms with Crippen LogP contribution in [0.15, 0.2) is 60.8 Å². The molecule has 6 nitrogen and oxygen atoms in total. The van der Waals surface area contributed by atoms with Crippen LogP contribution < -0.4 is 0 Å². The number of esters is 3. The topological polar surface area (TPSA) is 78.9 Å². The first kappa shape index (κ1) is 57.1. The standard InChI is InChI=1S/C54H94O6/c1-4-7-10-13-16-19-22-25-27-29-32-35-38-41-44-47-53(56)59-50-51(49-58-52(55)46-43-40-37-34-31-24-21-18-15-12-9-6-3)60-54(57)48-45-42-39-36-33-30-28-26-23-20-17-14-11-8-5-2/h16-17,19-20,25-28,32,35,51H,4-15,18,21-24,29-31,33-34,36-50H2,1-3H3/b19-16-,20-17-,27-25-,28-26-,35-32-/t51-/m1/s1. The quantitative estimate of drug-likeness (QED) is 0.0263. The second kappa shape index (κ2) is 48.8. The zero-order valence-corrected chi connectivity index (χ0v) is 39.5. The fourth-order valence-corrected chi connectivity index (χ4v) is 6.89. The number of hydrogen-bond acceptors (Lipinski definition) is 6. The van der Waals surface area contributed by atoms with Gasteiger partial charge in [0.15, 0.2) is 6.10 Å². The van der Waals surface area contributed by atoms with E-state index in [4.69, 9.17) is 14.2 Å². The SMILES string of the molecule is CCCCC/C=C\C/C=C\C/C=C\CCCCC(=O)OC[C@@H](COC(=O)CCCCCCCCCCCCCC)OC(=O)CCCCCCC/C=C\C/C=C\CCCCC. The molecular weight excluding hydrogens is 745 g/mol. The molecule has 1 atom stereocenters. The summed E-state index contributed by atoms with van der Waals surface area (Å²) >= 11 is 0. The highest BCUT2D eigenvalue weighted by atomic mass is 16.6. The van der Waals surface area contributed by atoms with Gasteiger partial charge < -0.3 is 14.2 Å². The molecule has 346 valence electrons. The first-order valence-corrected chi connectivity index (χ1v) is 25.3. The fraction of sp³-hybridized carbons (Fsp3) is 0.759. The van der Waals surface area contributed by atoms with Crippen molar-refractivity contribution in [2.75, 3.05) is 13.2 Å². The highest BCUT2D eigenvalue weighted by molar-refractivity contribution is 5.71. The second-order valence-electron chi connectivity index (χ2n) is 16.7. The van der Waals surface area contributed by atoms with Crippen LogP contribution in [0.5, 0.6) is 0 Å². The van der Waals surface area contributed by atoms with Gasteiger partial charge in [0.1, 0.15) is 13.2 Å². The van der Waals surface area contributed by atoms with Gasteiger partial charge in [0.05, 0.1) is 0 Å². The third-order valence-electron chi connectivity index (χ3n) is 10.7. The smallest absolute Gasteiger partial charge is 0.306 e. The largest absolute Gasteiger partial charge is 0.462 e. The van der Waals surface area contributed by atoms with Gasteiger partial charge in [-0.2, -0.15) is 0 Å². The molecule has 0 aromatic rings. The number of carbonyl (C=O) groups excluding carboxylic acids is 3. The van der Waals surface area contributed by atoms with Crippen molar-refractivity contribution in [2.24, 2.45) is 0 Å². The molecule has 0 radical (unpaired) electrons. The van der Waals surface area contributed by atoms with Crippen LogP contribution in [0.1, 0.15) is 245 Å². The average molecular weight is 839 g/mol. The lowest BCUT2D eigenvalue weighted by atomic mass is 10.0. The van der Waals surface area contributed by atoms with Gasteiger partial charge in [0.25, 0.3) is 0 Å². The van der Waals surface area contributed by atoms with E-state index in [1.807, 2.05) is 0 Å². The van der Waals surface area contributed by atoms with E-state index in [1.54, 1.807) is 0 Å². The maximum Gasteiger partial charge on any atom is 0.306 e. The number of hydrogen-bond donors (Lipinski definition) is 0. The van der Waals surface area contributed by atoms with Crippen molar-refractivity contribution in [2.45, 2.75) is 252 Å². The lowest BCUT2D eigenvalue weighted by molar-refractivity contribution is -0.167. The molecule has 60 heavy (non-hydrogen) atoms. The zero-order chi connectivity index (χ0) is 43.7. The molecule has 0 bridgehead atoms. The number of carbonyl (C=O) groups is 3. The van der Waals surface area contributed by atoms with E-state index in [2.05, 4.69) is 81.5 Å². The van der Waals surface area contributed by atoms with Crippen molar-refractivity contribution in [1.29, 1.82) is 0 Å². The molecule has 0 rings (SSSR count). The maximum absolute atomic E-state index is 12.8. The second-order valence-corrected chi connectivity index (χ2v) is 16.7. The molecule has 6 heteroatoms. The molecular formula is C54H94O6. The molecule has 0 aromatic heterocycles. The Balaban J connectivity index is 4.46. The van der Waals surface area contributed by atoms with Crippen molar-refractivity contribution >= 4 is 17.9 Å². The molecule has 0 aliphatic rings. The minimum absolute atomic E-state index is 0.0905. The number of allylic oxidation sites excluding steroid dienone is 10. The predicted octanol–water partition coefficient (Wildman–Crippen LogP) is 16.5. The van der Waals surface area contributed by atoms with Crippen LogP contribution in [0.4, 0.5) is 0 Å². The van der Waals surface area contributed by atoms with E-state index in [0.717, 1.165) is 96.3 Å². The van der Waals surface area contributed by atoms with Gasteiger partial charge in [-0.25, -0.2) is 0 Å². The molecule has 0 saturated heterocycles. The summed E-state index contributed by atoms with van der Waals surface area (Å²) in [6.07, 6.45) is 59.1. The lowest BCUT2D eigenvalue weighted by Gasteiger charge is -2.18. The Kier molecular flexibility index (Phi) is 46.4. The summed E-state index contributed by atoms with van der Waals surface area (Å²) in [4.78, 5) is 37.9. The predicted molar refractivity (Wildman–Crippen MR) is 256 cm³/mol. The Bertz CT molecular complexity index is 1100. The highest BCUT2D eigenvalue weighted by Crippen LogP contribution is 2.14. The van der Waals surface area contributed by atoms with Crippen LogP contribution in [0.25, 0.3) is 0 Å². The monoisotopic (exact) mass is 839 g/mol. The lowest BCUT2D eigenvalue weighted by Crippen LogP contribution is -2.30. The van der Waals surface area contributed by atoms with Crippen molar-refractivity contribution in [1.82, 2.24) is 0 Å². The third-order valence-corrected chi connectivity index (χ3v) is 10.7. The first-order chi connectivity index (χ1) is 29.5. The zero-order valence-electron chi connectivity index (χ0n) is 39.5. The van der Waals surface area contributed by atoms with Crippen LogP contribution in [0.2, 0.25) is 0 Å². The third kappa shape index (κ3) is 46.2. The first-order valence-electron chi connectivity index (χ1n) is 25.3. The van der Waals surface area contributed by atoms with Crippen LogP contribution in [0, 0.1) is 0 Å². The molecule has 0 heterocycles. The summed E-state index contributed by atoms with van der Waals surface area (Å²) in [6.45, 7) is 6.54. The van der Waals surface area contributed by atoms with Gasteiger partial charge in [0, 0.05) is 19.3 Å². The highest BCUT2D eigenvalue weighted by Gasteiger charge is 2.19. The van der Waals surface area contributed by atoms with Gasteiger partial charge in [-0.3, -0.25) is 14.4 Å². The van der Waals surface area contributed by atoms with Crippen LogP contribution in [-0.4, -0.2) is 37.2 Å². The van der Waals surface area contributed by atoms with Crippen molar-refractivity contribution < 1.29 is 28.6 Å². The molecule has 0 aromatic carbocycles. The van der Waals surface area contributed by atoms with E-state index < -0.39 is 6.10 Å². The molecule has 0 fully saturated rings. The van der Waals surface area contributed by atoms with E-state index >= 15 is 0 Å². The molecule has 0 N–H and O–H groups in total. The Morgan fingerprint density at radius 3 is 1.00 bits per heavy atom. The molecule has 0 saturated carbocycles. The summed E-state index contributed by atoms with van der Waals surface area (Å²) in [6, 6.07) is 0. The minimum atomic E-state index is -0.794. The molecule has 0 spiro atoms. The maximum atomic E-state index is 12.8. The van der Waals surface area contributed by atoms with Crippen LogP contribution >= 0.6 is 0 Å². The van der Waals surface area contributed by atoms with Gasteiger partial charge >= 0.3 is 17.9 Å². The van der Waals surface area contributed by atoms with Crippen LogP contribution in [-0.2, 0) is 28.6 Å². The Labute approximate surface area is 370 Å². The normalized spacial score (nSPS) is 12.5. The van der Waals surface area contributed by atoms with Crippen LogP contribution in [0.3, 0.4) is 0 Å². The summed E-state index contributed by atoms with van der Waals surface area (Å²) < 4.78 is 16.7. The summed E-state index contributed by atoms with van der Waals surface area (Å²) in [7, 11) is 0. The Morgan fingerprint density at radius 2 is 0.600 bits per heavy atom. The Morgan fingerprint density at radius 1 is 0.333 bits per heavy atom. The van der Waals surface area contributed by atoms with E-state index in [1.165, 1.54) is 109 Å². The number of ether oxygens (including phenoxy) is 3. The average Bonchev–Trinajstić information content (AvgIpc) is 3.24. The van der Waals surface area contributed by atoms with Gasteiger partial charge in [-0.05, 0) is 89.9 Å². The van der Waals surface area contributed by atoms with E-state index in [9.17, 15) is 14.4 Å². The van der Waals surface area contributed by atoms with Gasteiger partial charge in [0.2, 0.25) is 0 Å². The Hall–Kier alpha value is -2.89. The molecule has 0 aliphatic heterocycles. The van der Waals surface area contributed by atoms with Gasteiger partial charge in [-0.1, -0.05) is 197 Å². The molecule has 0 aliphatic carbocycles. The summed E-state index contributed by atoms with van der Waals surface area (Å²) in [5.74, 6) is -0.942. The number of unbranched alkanes of at least 4 members (excludes halogenated alkanes) is 24. The van der Waals surface area contributed by atoms with Crippen molar-refractivity contribution in [3.63, 3.8) is 0 Å². The molecule has 0 amide bonds. The van der Waals surface area contributed by atoms with E-state index in [0.29, 0.717) is 19.3 Å². The van der Waals surface area contributed by atoms with E-state index in [-0.39, 0.29) is 31.1 Å². The fourth-order valence-electron chi connectivity index (χ4n) is 6.89. The van der Waals surface area contributed by atoms with Crippen molar-refractivity contribution in [3.8, 4) is 0 Å². The van der Waals surface area contributed by atoms with Crippen molar-refractivity contribution in [3.05, 3.63) is 60.8 Å². The summed E-state index contributed by atoms with van der Waals surface area (Å²) in [5, 5.41) is 0. The minimum Gasteiger partial charge on any atom is -0.462 e.